The van der Waals surface area contributed by atoms with E-state index in [0.29, 0.717) is 11.3 Å². The first-order valence-corrected chi connectivity index (χ1v) is 10.9. The van der Waals surface area contributed by atoms with Crippen LogP contribution in [0.15, 0.2) is 24.3 Å². The number of carbonyl (C=O) groups is 3. The Morgan fingerprint density at radius 3 is 2.66 bits per heavy atom. The highest BCUT2D eigenvalue weighted by Crippen LogP contribution is 2.35. The van der Waals surface area contributed by atoms with Gasteiger partial charge in [0.25, 0.3) is 5.91 Å². The van der Waals surface area contributed by atoms with Crippen molar-refractivity contribution < 1.29 is 23.5 Å². The highest BCUT2D eigenvalue weighted by atomic mass is 19.1. The molecule has 1 fully saturated rings. The molecule has 1 N–H and O–H groups in total. The van der Waals surface area contributed by atoms with E-state index in [9.17, 15) is 18.8 Å². The van der Waals surface area contributed by atoms with E-state index in [-0.39, 0.29) is 36.5 Å². The van der Waals surface area contributed by atoms with E-state index in [2.05, 4.69) is 10.4 Å². The Labute approximate surface area is 185 Å². The first-order chi connectivity index (χ1) is 15.2. The molecule has 4 rings (SSSR count). The highest BCUT2D eigenvalue weighted by molar-refractivity contribution is 6.12. The molecule has 1 aromatic heterocycles. The Balaban J connectivity index is 1.79. The van der Waals surface area contributed by atoms with Gasteiger partial charge in [-0.1, -0.05) is 12.8 Å². The second kappa shape index (κ2) is 8.37. The fourth-order valence-corrected chi connectivity index (χ4v) is 4.54. The number of amides is 2. The Hall–Kier alpha value is -3.23. The Morgan fingerprint density at radius 2 is 2.00 bits per heavy atom. The van der Waals surface area contributed by atoms with E-state index >= 15 is 0 Å². The van der Waals surface area contributed by atoms with Gasteiger partial charge in [0, 0.05) is 17.8 Å². The second-order valence-corrected chi connectivity index (χ2v) is 8.59. The van der Waals surface area contributed by atoms with Crippen molar-refractivity contribution in [2.75, 3.05) is 11.5 Å². The van der Waals surface area contributed by atoms with Crippen LogP contribution in [0.5, 0.6) is 0 Å². The molecule has 0 bridgehead atoms. The molecule has 1 aromatic carbocycles. The molecule has 0 radical (unpaired) electrons. The van der Waals surface area contributed by atoms with Crippen molar-refractivity contribution in [3.05, 3.63) is 47.0 Å². The highest BCUT2D eigenvalue weighted by Gasteiger charge is 2.50. The average Bonchev–Trinajstić information content (AvgIpc) is 3.39. The summed E-state index contributed by atoms with van der Waals surface area (Å²) in [6, 6.07) is 5.52. The summed E-state index contributed by atoms with van der Waals surface area (Å²) in [7, 11) is 0. The molecule has 32 heavy (non-hydrogen) atoms. The summed E-state index contributed by atoms with van der Waals surface area (Å²) < 4.78 is 20.2. The molecule has 0 spiro atoms. The zero-order chi connectivity index (χ0) is 23.0. The van der Waals surface area contributed by atoms with Crippen LogP contribution in [-0.2, 0) is 16.1 Å². The fourth-order valence-electron chi connectivity index (χ4n) is 4.54. The number of ether oxygens (including phenoxy) is 1. The molecule has 2 aromatic rings. The van der Waals surface area contributed by atoms with Crippen LogP contribution in [0.1, 0.15) is 66.1 Å². The predicted octanol–water partition coefficient (Wildman–Crippen LogP) is 2.99. The van der Waals surface area contributed by atoms with Gasteiger partial charge in [-0.2, -0.15) is 5.10 Å². The number of esters is 1. The summed E-state index contributed by atoms with van der Waals surface area (Å²) in [6.45, 7) is 5.27. The quantitative estimate of drug-likeness (QED) is 0.719. The van der Waals surface area contributed by atoms with Crippen molar-refractivity contribution in [3.8, 4) is 0 Å². The Morgan fingerprint density at radius 1 is 1.28 bits per heavy atom. The number of benzene rings is 1. The van der Waals surface area contributed by atoms with Crippen molar-refractivity contribution >= 4 is 23.5 Å². The molecule has 2 amide bonds. The van der Waals surface area contributed by atoms with E-state index in [1.807, 2.05) is 0 Å². The van der Waals surface area contributed by atoms with Crippen molar-refractivity contribution in [1.29, 1.82) is 0 Å². The molecule has 2 heterocycles. The number of hydrogen-bond acceptors (Lipinski definition) is 5. The fraction of sp³-hybridized carbons (Fsp3) is 0.478. The number of carbonyl (C=O) groups excluding carboxylic acids is 3. The summed E-state index contributed by atoms with van der Waals surface area (Å²) in [4.78, 5) is 40.8. The Bertz CT molecular complexity index is 1080. The molecule has 1 aliphatic heterocycles. The molecule has 9 heteroatoms. The molecule has 2 aliphatic rings. The van der Waals surface area contributed by atoms with Gasteiger partial charge in [0.15, 0.2) is 5.69 Å². The first kappa shape index (κ1) is 22.0. The second-order valence-electron chi connectivity index (χ2n) is 8.59. The average molecular weight is 442 g/mol. The lowest BCUT2D eigenvalue weighted by Gasteiger charge is -2.44. The van der Waals surface area contributed by atoms with Crippen LogP contribution in [0.2, 0.25) is 0 Å². The van der Waals surface area contributed by atoms with E-state index in [1.54, 1.807) is 20.8 Å². The number of halogens is 1. The van der Waals surface area contributed by atoms with Gasteiger partial charge in [0.2, 0.25) is 5.91 Å². The van der Waals surface area contributed by atoms with Gasteiger partial charge in [-0.3, -0.25) is 19.2 Å². The molecule has 1 saturated carbocycles. The number of nitrogens with zero attached hydrogens (tertiary/aromatic N) is 3. The van der Waals surface area contributed by atoms with E-state index in [0.717, 1.165) is 25.7 Å². The van der Waals surface area contributed by atoms with Gasteiger partial charge < -0.3 is 10.1 Å². The minimum Gasteiger partial charge on any atom is -0.461 e. The summed E-state index contributed by atoms with van der Waals surface area (Å²) >= 11 is 0. The molecule has 1 aliphatic carbocycles. The lowest BCUT2D eigenvalue weighted by molar-refractivity contribution is -0.127. The Kier molecular flexibility index (Phi) is 5.75. The molecular formula is C23H27FN4O4. The number of nitrogens with one attached hydrogen (secondary N) is 1. The third-order valence-electron chi connectivity index (χ3n) is 6.22. The van der Waals surface area contributed by atoms with Gasteiger partial charge in [-0.15, -0.1) is 0 Å². The minimum atomic E-state index is -1.33. The third kappa shape index (κ3) is 3.76. The minimum absolute atomic E-state index is 0.00595. The first-order valence-electron chi connectivity index (χ1n) is 10.9. The van der Waals surface area contributed by atoms with Crippen LogP contribution in [0.4, 0.5) is 10.1 Å². The van der Waals surface area contributed by atoms with Crippen molar-refractivity contribution in [2.24, 2.45) is 0 Å². The largest absolute Gasteiger partial charge is 0.461 e. The third-order valence-corrected chi connectivity index (χ3v) is 6.22. The molecule has 0 saturated heterocycles. The monoisotopic (exact) mass is 442 g/mol. The van der Waals surface area contributed by atoms with Gasteiger partial charge in [0.1, 0.15) is 17.1 Å². The van der Waals surface area contributed by atoms with Crippen LogP contribution in [-0.4, -0.2) is 45.8 Å². The van der Waals surface area contributed by atoms with Gasteiger partial charge >= 0.3 is 5.97 Å². The van der Waals surface area contributed by atoms with Crippen molar-refractivity contribution in [2.45, 2.75) is 64.6 Å². The van der Waals surface area contributed by atoms with Crippen LogP contribution in [0.3, 0.4) is 0 Å². The van der Waals surface area contributed by atoms with E-state index in [4.69, 9.17) is 4.74 Å². The van der Waals surface area contributed by atoms with Crippen molar-refractivity contribution in [1.82, 2.24) is 15.1 Å². The van der Waals surface area contributed by atoms with E-state index in [1.165, 1.54) is 33.8 Å². The molecule has 8 nitrogen and oxygen atoms in total. The van der Waals surface area contributed by atoms with Gasteiger partial charge in [-0.25, -0.2) is 9.18 Å². The number of hydrogen-bond donors (Lipinski definition) is 1. The normalized spacial score (nSPS) is 20.9. The van der Waals surface area contributed by atoms with Gasteiger partial charge in [0.05, 0.1) is 13.2 Å². The maximum absolute atomic E-state index is 13.8. The smallest absolute Gasteiger partial charge is 0.358 e. The number of rotatable bonds is 5. The van der Waals surface area contributed by atoms with Gasteiger partial charge in [-0.05, 0) is 57.4 Å². The topological polar surface area (TPSA) is 93.5 Å². The number of aryl methyl sites for hydroxylation is 1. The maximum atomic E-state index is 13.8. The molecule has 170 valence electrons. The number of anilines is 1. The molecular weight excluding hydrogens is 415 g/mol. The number of fused-ring (bicyclic) bond motifs is 1. The van der Waals surface area contributed by atoms with Crippen molar-refractivity contribution in [3.63, 3.8) is 0 Å². The molecule has 0 unspecified atom stereocenters. The lowest BCUT2D eigenvalue weighted by atomic mass is 9.92. The summed E-state index contributed by atoms with van der Waals surface area (Å²) in [6.07, 6.45) is 3.89. The maximum Gasteiger partial charge on any atom is 0.358 e. The predicted molar refractivity (Wildman–Crippen MR) is 115 cm³/mol. The van der Waals surface area contributed by atoms with Crippen LogP contribution >= 0.6 is 0 Å². The standard InChI is InChI=1S/C23H27FN4O4/c1-4-32-21(30)17-12-19-20(29)28(18-10-9-15(24)11-14(18)2)23(3,13-27(19)26-17)22(31)25-16-7-5-6-8-16/h9-12,16H,4-8,13H2,1-3H3,(H,25,31)/t23-/m1/s1. The lowest BCUT2D eigenvalue weighted by Crippen LogP contribution is -2.65. The summed E-state index contributed by atoms with van der Waals surface area (Å²) in [5.41, 5.74) is -0.190. The van der Waals surface area contributed by atoms with E-state index < -0.39 is 23.2 Å². The summed E-state index contributed by atoms with van der Waals surface area (Å²) in [5.74, 6) is -1.86. The van der Waals surface area contributed by atoms with Crippen LogP contribution in [0, 0.1) is 12.7 Å². The zero-order valence-corrected chi connectivity index (χ0v) is 18.5. The zero-order valence-electron chi connectivity index (χ0n) is 18.5. The number of aromatic nitrogens is 2. The van der Waals surface area contributed by atoms with Crippen LogP contribution in [0.25, 0.3) is 0 Å². The molecule has 1 atom stereocenters. The SMILES string of the molecule is CCOC(=O)c1cc2n(n1)C[C@](C)(C(=O)NC1CCCC1)N(c1ccc(F)cc1C)C2=O. The summed E-state index contributed by atoms with van der Waals surface area (Å²) in [5, 5.41) is 7.33. The van der Waals surface area contributed by atoms with Crippen LogP contribution < -0.4 is 10.2 Å².